The molecule has 0 aromatic heterocycles. The molecule has 0 aliphatic heterocycles. The van der Waals surface area contributed by atoms with E-state index < -0.39 is 28.4 Å². The molecule has 1 amide bonds. The summed E-state index contributed by atoms with van der Waals surface area (Å²) in [7, 11) is -2.46. The van der Waals surface area contributed by atoms with Gasteiger partial charge in [-0.2, -0.15) is 0 Å². The van der Waals surface area contributed by atoms with Crippen LogP contribution < -0.4 is 9.62 Å². The van der Waals surface area contributed by atoms with Gasteiger partial charge in [-0.25, -0.2) is 13.2 Å². The van der Waals surface area contributed by atoms with Gasteiger partial charge < -0.3 is 10.1 Å². The summed E-state index contributed by atoms with van der Waals surface area (Å²) < 4.78 is 30.2. The van der Waals surface area contributed by atoms with Crippen LogP contribution >= 0.6 is 11.6 Å². The van der Waals surface area contributed by atoms with Gasteiger partial charge in [0.05, 0.1) is 24.6 Å². The maximum atomic E-state index is 12.6. The molecule has 0 aliphatic carbocycles. The molecule has 0 saturated heterocycles. The van der Waals surface area contributed by atoms with Crippen molar-refractivity contribution in [3.63, 3.8) is 0 Å². The lowest BCUT2D eigenvalue weighted by Gasteiger charge is -2.24. The standard InChI is InChI=1S/C19H21ClN2O5S/c1-12-5-6-14(19(24)27-3)10-16(12)21-18(23)11-22(28(4,25)26)17-8-7-15(20)9-13(17)2/h5-10H,11H2,1-4H3,(H,21,23). The van der Waals surface area contributed by atoms with Crippen LogP contribution in [-0.4, -0.2) is 40.2 Å². The van der Waals surface area contributed by atoms with Crippen LogP contribution in [0.15, 0.2) is 36.4 Å². The topological polar surface area (TPSA) is 92.8 Å². The molecule has 0 saturated carbocycles. The minimum absolute atomic E-state index is 0.275. The van der Waals surface area contributed by atoms with Crippen LogP contribution in [0, 0.1) is 13.8 Å². The summed E-state index contributed by atoms with van der Waals surface area (Å²) >= 11 is 5.93. The third kappa shape index (κ3) is 5.24. The predicted octanol–water partition coefficient (Wildman–Crippen LogP) is 3.15. The van der Waals surface area contributed by atoms with Gasteiger partial charge in [0.15, 0.2) is 0 Å². The third-order valence-electron chi connectivity index (χ3n) is 4.05. The van der Waals surface area contributed by atoms with Crippen molar-refractivity contribution in [2.24, 2.45) is 0 Å². The van der Waals surface area contributed by atoms with Crippen LogP contribution in [0.1, 0.15) is 21.5 Å². The van der Waals surface area contributed by atoms with Gasteiger partial charge in [-0.15, -0.1) is 0 Å². The quantitative estimate of drug-likeness (QED) is 0.719. The lowest BCUT2D eigenvalue weighted by molar-refractivity contribution is -0.114. The second-order valence-electron chi connectivity index (χ2n) is 6.27. The molecule has 0 fully saturated rings. The maximum Gasteiger partial charge on any atom is 0.337 e. The number of amides is 1. The fourth-order valence-electron chi connectivity index (χ4n) is 2.60. The van der Waals surface area contributed by atoms with E-state index in [0.717, 1.165) is 16.1 Å². The molecule has 0 heterocycles. The van der Waals surface area contributed by atoms with Crippen molar-refractivity contribution in [2.45, 2.75) is 13.8 Å². The summed E-state index contributed by atoms with van der Waals surface area (Å²) in [5.41, 5.74) is 2.37. The Hall–Kier alpha value is -2.58. The van der Waals surface area contributed by atoms with Crippen LogP contribution in [0.25, 0.3) is 0 Å². The van der Waals surface area contributed by atoms with Gasteiger partial charge in [0.2, 0.25) is 15.9 Å². The molecule has 150 valence electrons. The Morgan fingerprint density at radius 3 is 2.36 bits per heavy atom. The molecule has 1 N–H and O–H groups in total. The zero-order valence-electron chi connectivity index (χ0n) is 15.9. The van der Waals surface area contributed by atoms with Gasteiger partial charge in [-0.3, -0.25) is 9.10 Å². The van der Waals surface area contributed by atoms with E-state index in [9.17, 15) is 18.0 Å². The second kappa shape index (κ2) is 8.62. The van der Waals surface area contributed by atoms with Crippen molar-refractivity contribution < 1.29 is 22.7 Å². The van der Waals surface area contributed by atoms with Crippen LogP contribution in [-0.2, 0) is 19.6 Å². The molecule has 0 bridgehead atoms. The fraction of sp³-hybridized carbons (Fsp3) is 0.263. The van der Waals surface area contributed by atoms with Gasteiger partial charge >= 0.3 is 5.97 Å². The molecule has 0 aliphatic rings. The first-order valence-electron chi connectivity index (χ1n) is 8.25. The van der Waals surface area contributed by atoms with Gasteiger partial charge in [0.25, 0.3) is 0 Å². The zero-order chi connectivity index (χ0) is 21.1. The average molecular weight is 425 g/mol. The number of ether oxygens (including phenoxy) is 1. The molecule has 0 radical (unpaired) electrons. The average Bonchev–Trinajstić information content (AvgIpc) is 2.60. The van der Waals surface area contributed by atoms with Crippen molar-refractivity contribution >= 4 is 44.9 Å². The van der Waals surface area contributed by atoms with Gasteiger partial charge in [0.1, 0.15) is 6.54 Å². The Labute approximate surface area is 169 Å². The summed E-state index contributed by atoms with van der Waals surface area (Å²) in [4.78, 5) is 24.3. The Morgan fingerprint density at radius 1 is 1.11 bits per heavy atom. The van der Waals surface area contributed by atoms with Crippen LogP contribution in [0.2, 0.25) is 5.02 Å². The highest BCUT2D eigenvalue weighted by molar-refractivity contribution is 7.92. The first-order chi connectivity index (χ1) is 13.0. The number of carbonyl (C=O) groups excluding carboxylic acids is 2. The first-order valence-corrected chi connectivity index (χ1v) is 10.5. The summed E-state index contributed by atoms with van der Waals surface area (Å²) in [5, 5.41) is 3.12. The highest BCUT2D eigenvalue weighted by atomic mass is 35.5. The number of carbonyl (C=O) groups is 2. The minimum atomic E-state index is -3.72. The summed E-state index contributed by atoms with van der Waals surface area (Å²) in [6.07, 6.45) is 1.03. The number of aryl methyl sites for hydroxylation is 2. The van der Waals surface area contributed by atoms with Crippen molar-refractivity contribution in [1.29, 1.82) is 0 Å². The molecule has 7 nitrogen and oxygen atoms in total. The molecule has 0 spiro atoms. The number of sulfonamides is 1. The maximum absolute atomic E-state index is 12.6. The Bertz CT molecular complexity index is 1020. The van der Waals surface area contributed by atoms with Crippen molar-refractivity contribution in [2.75, 3.05) is 29.5 Å². The molecule has 2 aromatic carbocycles. The molecular formula is C19H21ClN2O5S. The van der Waals surface area contributed by atoms with E-state index >= 15 is 0 Å². The fourth-order valence-corrected chi connectivity index (χ4v) is 3.74. The zero-order valence-corrected chi connectivity index (χ0v) is 17.5. The highest BCUT2D eigenvalue weighted by Gasteiger charge is 2.23. The number of nitrogens with one attached hydrogen (secondary N) is 1. The molecule has 0 unspecified atom stereocenters. The van der Waals surface area contributed by atoms with E-state index in [1.54, 1.807) is 44.2 Å². The first kappa shape index (κ1) is 21.7. The number of benzene rings is 2. The SMILES string of the molecule is COC(=O)c1ccc(C)c(NC(=O)CN(c2ccc(Cl)cc2C)S(C)(=O)=O)c1. The van der Waals surface area contributed by atoms with Crippen molar-refractivity contribution in [3.05, 3.63) is 58.1 Å². The number of methoxy groups -OCH3 is 1. The minimum Gasteiger partial charge on any atom is -0.465 e. The van der Waals surface area contributed by atoms with Gasteiger partial charge in [0, 0.05) is 10.7 Å². The van der Waals surface area contributed by atoms with Crippen LogP contribution in [0.5, 0.6) is 0 Å². The van der Waals surface area contributed by atoms with E-state index in [1.165, 1.54) is 13.2 Å². The van der Waals surface area contributed by atoms with E-state index in [4.69, 9.17) is 11.6 Å². The normalized spacial score (nSPS) is 11.0. The predicted molar refractivity (Wildman–Crippen MR) is 110 cm³/mol. The molecule has 0 atom stereocenters. The molecule has 28 heavy (non-hydrogen) atoms. The smallest absolute Gasteiger partial charge is 0.337 e. The molecular weight excluding hydrogens is 404 g/mol. The van der Waals surface area contributed by atoms with Crippen LogP contribution in [0.3, 0.4) is 0 Å². The van der Waals surface area contributed by atoms with E-state index in [-0.39, 0.29) is 5.56 Å². The third-order valence-corrected chi connectivity index (χ3v) is 5.41. The molecule has 2 aromatic rings. The monoisotopic (exact) mass is 424 g/mol. The van der Waals surface area contributed by atoms with Crippen molar-refractivity contribution in [1.82, 2.24) is 0 Å². The number of halogens is 1. The highest BCUT2D eigenvalue weighted by Crippen LogP contribution is 2.26. The van der Waals surface area contributed by atoms with E-state index in [0.29, 0.717) is 22.0 Å². The van der Waals surface area contributed by atoms with E-state index in [1.807, 2.05) is 0 Å². The Balaban J connectivity index is 2.29. The van der Waals surface area contributed by atoms with E-state index in [2.05, 4.69) is 10.1 Å². The van der Waals surface area contributed by atoms with Gasteiger partial charge in [-0.05, 0) is 55.3 Å². The van der Waals surface area contributed by atoms with Crippen LogP contribution in [0.4, 0.5) is 11.4 Å². The number of anilines is 2. The largest absolute Gasteiger partial charge is 0.465 e. The lowest BCUT2D eigenvalue weighted by atomic mass is 10.1. The second-order valence-corrected chi connectivity index (χ2v) is 8.61. The summed E-state index contributed by atoms with van der Waals surface area (Å²) in [6.45, 7) is 3.04. The number of rotatable bonds is 6. The number of hydrogen-bond donors (Lipinski definition) is 1. The number of esters is 1. The summed E-state index contributed by atoms with van der Waals surface area (Å²) in [6, 6.07) is 9.46. The Kier molecular flexibility index (Phi) is 6.69. The van der Waals surface area contributed by atoms with Gasteiger partial charge in [-0.1, -0.05) is 17.7 Å². The Morgan fingerprint density at radius 2 is 1.79 bits per heavy atom. The van der Waals surface area contributed by atoms with Crippen molar-refractivity contribution in [3.8, 4) is 0 Å². The molecule has 2 rings (SSSR count). The number of hydrogen-bond acceptors (Lipinski definition) is 5. The lowest BCUT2D eigenvalue weighted by Crippen LogP contribution is -2.38. The molecule has 9 heteroatoms. The summed E-state index contributed by atoms with van der Waals surface area (Å²) in [5.74, 6) is -1.09. The number of nitrogens with zero attached hydrogens (tertiary/aromatic N) is 1.